The molecule has 1 atom stereocenters. The molecule has 1 aromatic rings. The number of halogens is 3. The van der Waals surface area contributed by atoms with Gasteiger partial charge in [0.25, 0.3) is 0 Å². The number of rotatable bonds is 4. The molecular weight excluding hydrogens is 401 g/mol. The van der Waals surface area contributed by atoms with Crippen molar-refractivity contribution in [1.29, 1.82) is 0 Å². The standard InChI is InChI=1S/C21H25F3N2O4/c1-26-17(6-7-18(26)27)20(28)25-16-11-15(10-12-8-9-29-19(12)16)30-14-4-2-13(3-5-14)21(22,23)24/h10-11,13-14,17H,2-9H2,1H3,(H,25,28). The summed E-state index contributed by atoms with van der Waals surface area (Å²) in [5.41, 5.74) is 1.37. The molecule has 9 heteroatoms. The Morgan fingerprint density at radius 1 is 1.17 bits per heavy atom. The average Bonchev–Trinajstić information content (AvgIpc) is 3.28. The quantitative estimate of drug-likeness (QED) is 0.798. The molecule has 0 aromatic heterocycles. The number of carbonyl (C=O) groups is 2. The summed E-state index contributed by atoms with van der Waals surface area (Å²) in [5.74, 6) is -0.511. The van der Waals surface area contributed by atoms with E-state index < -0.39 is 18.1 Å². The van der Waals surface area contributed by atoms with Crippen molar-refractivity contribution in [3.05, 3.63) is 17.7 Å². The number of fused-ring (bicyclic) bond motifs is 1. The molecule has 0 bridgehead atoms. The molecule has 1 aliphatic carbocycles. The second kappa shape index (κ2) is 8.00. The van der Waals surface area contributed by atoms with E-state index in [-0.39, 0.29) is 30.8 Å². The number of anilines is 1. The summed E-state index contributed by atoms with van der Waals surface area (Å²) in [7, 11) is 1.61. The van der Waals surface area contributed by atoms with E-state index in [4.69, 9.17) is 9.47 Å². The van der Waals surface area contributed by atoms with Crippen LogP contribution in [0.2, 0.25) is 0 Å². The number of hydrogen-bond acceptors (Lipinski definition) is 4. The molecule has 2 fully saturated rings. The molecule has 1 aromatic carbocycles. The molecule has 2 heterocycles. The zero-order valence-corrected chi connectivity index (χ0v) is 16.8. The summed E-state index contributed by atoms with van der Waals surface area (Å²) in [6.07, 6.45) is -2.16. The molecule has 30 heavy (non-hydrogen) atoms. The predicted molar refractivity (Wildman–Crippen MR) is 102 cm³/mol. The smallest absolute Gasteiger partial charge is 0.391 e. The van der Waals surface area contributed by atoms with Crippen LogP contribution in [0, 0.1) is 5.92 Å². The maximum atomic E-state index is 12.9. The van der Waals surface area contributed by atoms with Crippen molar-refractivity contribution >= 4 is 17.5 Å². The van der Waals surface area contributed by atoms with Crippen LogP contribution in [0.5, 0.6) is 11.5 Å². The molecule has 3 aliphatic rings. The Bertz CT molecular complexity index is 834. The lowest BCUT2D eigenvalue weighted by Crippen LogP contribution is -2.38. The molecule has 1 saturated carbocycles. The fourth-order valence-corrected chi connectivity index (χ4v) is 4.47. The summed E-state index contributed by atoms with van der Waals surface area (Å²) in [6, 6.07) is 2.96. The molecule has 0 spiro atoms. The predicted octanol–water partition coefficient (Wildman–Crippen LogP) is 3.68. The first kappa shape index (κ1) is 20.8. The highest BCUT2D eigenvalue weighted by Gasteiger charge is 2.42. The SMILES string of the molecule is CN1C(=O)CCC1C(=O)Nc1cc(OC2CCC(C(F)(F)F)CC2)cc2c1OCC2. The van der Waals surface area contributed by atoms with Crippen molar-refractivity contribution in [2.75, 3.05) is 19.0 Å². The largest absolute Gasteiger partial charge is 0.491 e. The average molecular weight is 426 g/mol. The first-order valence-corrected chi connectivity index (χ1v) is 10.3. The maximum Gasteiger partial charge on any atom is 0.391 e. The first-order valence-electron chi connectivity index (χ1n) is 10.3. The zero-order chi connectivity index (χ0) is 21.5. The molecule has 2 aliphatic heterocycles. The minimum absolute atomic E-state index is 0.0633. The van der Waals surface area contributed by atoms with Crippen LogP contribution in [0.1, 0.15) is 44.1 Å². The topological polar surface area (TPSA) is 67.9 Å². The number of nitrogens with one attached hydrogen (secondary N) is 1. The normalized spacial score (nSPS) is 26.3. The van der Waals surface area contributed by atoms with Gasteiger partial charge in [-0.25, -0.2) is 0 Å². The van der Waals surface area contributed by atoms with Crippen LogP contribution in [-0.4, -0.2) is 48.7 Å². The zero-order valence-electron chi connectivity index (χ0n) is 16.8. The molecule has 6 nitrogen and oxygen atoms in total. The van der Waals surface area contributed by atoms with E-state index in [9.17, 15) is 22.8 Å². The number of alkyl halides is 3. The van der Waals surface area contributed by atoms with Gasteiger partial charge in [-0.05, 0) is 38.2 Å². The van der Waals surface area contributed by atoms with Crippen molar-refractivity contribution in [3.63, 3.8) is 0 Å². The van der Waals surface area contributed by atoms with E-state index in [0.717, 1.165) is 5.56 Å². The van der Waals surface area contributed by atoms with Crippen LogP contribution in [-0.2, 0) is 16.0 Å². The van der Waals surface area contributed by atoms with Crippen molar-refractivity contribution in [2.45, 2.75) is 63.3 Å². The van der Waals surface area contributed by atoms with Gasteiger partial charge in [-0.3, -0.25) is 9.59 Å². The lowest BCUT2D eigenvalue weighted by molar-refractivity contribution is -0.185. The molecule has 4 rings (SSSR count). The summed E-state index contributed by atoms with van der Waals surface area (Å²) in [4.78, 5) is 25.9. The van der Waals surface area contributed by atoms with E-state index in [1.165, 1.54) is 4.90 Å². The molecule has 2 amide bonds. The third-order valence-corrected chi connectivity index (χ3v) is 6.25. The van der Waals surface area contributed by atoms with Crippen molar-refractivity contribution < 1.29 is 32.2 Å². The van der Waals surface area contributed by atoms with Crippen molar-refractivity contribution in [3.8, 4) is 11.5 Å². The molecule has 164 valence electrons. The van der Waals surface area contributed by atoms with Gasteiger partial charge in [0.15, 0.2) is 0 Å². The van der Waals surface area contributed by atoms with Gasteiger partial charge < -0.3 is 19.7 Å². The summed E-state index contributed by atoms with van der Waals surface area (Å²) >= 11 is 0. The van der Waals surface area contributed by atoms with Crippen LogP contribution < -0.4 is 14.8 Å². The van der Waals surface area contributed by atoms with E-state index in [1.807, 2.05) is 6.07 Å². The lowest BCUT2D eigenvalue weighted by Gasteiger charge is -2.30. The number of ether oxygens (including phenoxy) is 2. The maximum absolute atomic E-state index is 12.9. The number of amides is 2. The van der Waals surface area contributed by atoms with Gasteiger partial charge >= 0.3 is 6.18 Å². The van der Waals surface area contributed by atoms with E-state index in [2.05, 4.69) is 5.32 Å². The van der Waals surface area contributed by atoms with Gasteiger partial charge in [-0.1, -0.05) is 0 Å². The third kappa shape index (κ3) is 4.20. The molecule has 0 radical (unpaired) electrons. The van der Waals surface area contributed by atoms with Crippen LogP contribution in [0.3, 0.4) is 0 Å². The molecule has 1 N–H and O–H groups in total. The fraction of sp³-hybridized carbons (Fsp3) is 0.619. The van der Waals surface area contributed by atoms with Crippen molar-refractivity contribution in [2.24, 2.45) is 5.92 Å². The Morgan fingerprint density at radius 3 is 2.53 bits per heavy atom. The Kier molecular flexibility index (Phi) is 5.55. The molecule has 1 unspecified atom stereocenters. The van der Waals surface area contributed by atoms with Gasteiger partial charge in [0.2, 0.25) is 11.8 Å². The van der Waals surface area contributed by atoms with Gasteiger partial charge in [0.1, 0.15) is 17.5 Å². The number of carbonyl (C=O) groups excluding carboxylic acids is 2. The molecule has 1 saturated heterocycles. The van der Waals surface area contributed by atoms with E-state index in [1.54, 1.807) is 13.1 Å². The van der Waals surface area contributed by atoms with E-state index >= 15 is 0 Å². The number of benzene rings is 1. The molecular formula is C21H25F3N2O4. The summed E-state index contributed by atoms with van der Waals surface area (Å²) < 4.78 is 50.3. The second-order valence-electron chi connectivity index (χ2n) is 8.24. The second-order valence-corrected chi connectivity index (χ2v) is 8.24. The highest BCUT2D eigenvalue weighted by molar-refractivity contribution is 6.00. The Labute approximate surface area is 172 Å². The minimum atomic E-state index is -4.15. The number of likely N-dealkylation sites (tertiary alicyclic amines) is 1. The van der Waals surface area contributed by atoms with Gasteiger partial charge in [-0.15, -0.1) is 0 Å². The number of likely N-dealkylation sites (N-methyl/N-ethyl adjacent to an activating group) is 1. The number of nitrogens with zero attached hydrogens (tertiary/aromatic N) is 1. The van der Waals surface area contributed by atoms with Crippen LogP contribution >= 0.6 is 0 Å². The monoisotopic (exact) mass is 426 g/mol. The summed E-state index contributed by atoms with van der Waals surface area (Å²) in [5, 5.41) is 2.85. The Hall–Kier alpha value is -2.45. The van der Waals surface area contributed by atoms with Gasteiger partial charge in [-0.2, -0.15) is 13.2 Å². The van der Waals surface area contributed by atoms with E-state index in [0.29, 0.717) is 55.9 Å². The van der Waals surface area contributed by atoms with Crippen LogP contribution in [0.4, 0.5) is 18.9 Å². The highest BCUT2D eigenvalue weighted by Crippen LogP contribution is 2.41. The third-order valence-electron chi connectivity index (χ3n) is 6.25. The van der Waals surface area contributed by atoms with Gasteiger partial charge in [0.05, 0.1) is 24.3 Å². The Morgan fingerprint density at radius 2 is 1.90 bits per heavy atom. The first-order chi connectivity index (χ1) is 14.2. The highest BCUT2D eigenvalue weighted by atomic mass is 19.4. The van der Waals surface area contributed by atoms with Crippen molar-refractivity contribution in [1.82, 2.24) is 4.90 Å². The van der Waals surface area contributed by atoms with Crippen LogP contribution in [0.15, 0.2) is 12.1 Å². The Balaban J connectivity index is 1.46. The number of hydrogen-bond donors (Lipinski definition) is 1. The van der Waals surface area contributed by atoms with Gasteiger partial charge in [0, 0.05) is 31.5 Å². The van der Waals surface area contributed by atoms with Crippen LogP contribution in [0.25, 0.3) is 0 Å². The summed E-state index contributed by atoms with van der Waals surface area (Å²) in [6.45, 7) is 0.486. The fourth-order valence-electron chi connectivity index (χ4n) is 4.47. The minimum Gasteiger partial charge on any atom is -0.491 e. The lowest BCUT2D eigenvalue weighted by atomic mass is 9.87.